The van der Waals surface area contributed by atoms with Crippen molar-refractivity contribution < 1.29 is 13.2 Å². The highest BCUT2D eigenvalue weighted by atomic mass is 32.2. The van der Waals surface area contributed by atoms with Gasteiger partial charge in [-0.05, 0) is 31.2 Å². The van der Waals surface area contributed by atoms with Crippen LogP contribution in [0.2, 0.25) is 0 Å². The zero-order valence-electron chi connectivity index (χ0n) is 14.0. The average molecular weight is 381 g/mol. The zero-order valence-corrected chi connectivity index (χ0v) is 15.6. The number of hydrogen-bond donors (Lipinski definition) is 1. The molecule has 10 heteroatoms. The van der Waals surface area contributed by atoms with Crippen LogP contribution >= 0.6 is 11.3 Å². The molecule has 1 N–H and O–H groups in total. The summed E-state index contributed by atoms with van der Waals surface area (Å²) in [7, 11) is -3.64. The third kappa shape index (κ3) is 4.07. The summed E-state index contributed by atoms with van der Waals surface area (Å²) in [5.41, 5.74) is 0. The molecule has 2 aromatic rings. The minimum absolute atomic E-state index is 0.0688. The number of sulfonamides is 1. The molecule has 0 bridgehead atoms. The second kappa shape index (κ2) is 6.96. The van der Waals surface area contributed by atoms with E-state index in [4.69, 9.17) is 0 Å². The highest BCUT2D eigenvalue weighted by Crippen LogP contribution is 2.23. The molecule has 0 aliphatic carbocycles. The van der Waals surface area contributed by atoms with Gasteiger partial charge in [0.05, 0.1) is 0 Å². The first-order valence-electron chi connectivity index (χ1n) is 7.78. The molecule has 25 heavy (non-hydrogen) atoms. The lowest BCUT2D eigenvalue weighted by Crippen LogP contribution is -2.48. The molecule has 3 rings (SSSR count). The van der Waals surface area contributed by atoms with Crippen molar-refractivity contribution in [2.75, 3.05) is 35.8 Å². The van der Waals surface area contributed by atoms with Gasteiger partial charge in [-0.1, -0.05) is 0 Å². The van der Waals surface area contributed by atoms with Gasteiger partial charge in [0.15, 0.2) is 11.6 Å². The quantitative estimate of drug-likeness (QED) is 0.858. The maximum absolute atomic E-state index is 12.3. The Morgan fingerprint density at radius 3 is 2.36 bits per heavy atom. The average Bonchev–Trinajstić information content (AvgIpc) is 3.03. The molecular formula is C15H19N5O3S2. The Kier molecular flexibility index (Phi) is 4.91. The predicted molar refractivity (Wildman–Crippen MR) is 96.4 cm³/mol. The van der Waals surface area contributed by atoms with Gasteiger partial charge in [0, 0.05) is 38.0 Å². The van der Waals surface area contributed by atoms with Gasteiger partial charge in [-0.15, -0.1) is 21.5 Å². The fourth-order valence-corrected chi connectivity index (χ4v) is 4.82. The Morgan fingerprint density at radius 2 is 1.84 bits per heavy atom. The first kappa shape index (κ1) is 17.6. The maximum Gasteiger partial charge on any atom is 0.272 e. The van der Waals surface area contributed by atoms with Gasteiger partial charge in [-0.2, -0.15) is 0 Å². The number of thiophene rings is 1. The number of rotatable bonds is 4. The minimum atomic E-state index is -3.64. The van der Waals surface area contributed by atoms with Crippen LogP contribution in [0.3, 0.4) is 0 Å². The summed E-state index contributed by atoms with van der Waals surface area (Å²) in [6.45, 7) is 6.05. The molecule has 0 saturated carbocycles. The lowest BCUT2D eigenvalue weighted by atomic mass is 10.3. The van der Waals surface area contributed by atoms with Gasteiger partial charge >= 0.3 is 0 Å². The summed E-state index contributed by atoms with van der Waals surface area (Å²) in [5, 5.41) is 8.07. The highest BCUT2D eigenvalue weighted by Gasteiger charge is 2.21. The molecule has 1 amide bonds. The van der Waals surface area contributed by atoms with Crippen molar-refractivity contribution in [2.24, 2.45) is 0 Å². The topological polar surface area (TPSA) is 95.5 Å². The fraction of sp³-hybridized carbons (Fsp3) is 0.400. The van der Waals surface area contributed by atoms with Gasteiger partial charge in [-0.25, -0.2) is 8.42 Å². The first-order valence-corrected chi connectivity index (χ1v) is 10.1. The lowest BCUT2D eigenvalue weighted by Gasteiger charge is -2.34. The molecule has 1 aliphatic heterocycles. The summed E-state index contributed by atoms with van der Waals surface area (Å²) in [6, 6.07) is 6.65. The molecule has 1 aliphatic rings. The Bertz CT molecular complexity index is 856. The Morgan fingerprint density at radius 1 is 1.12 bits per heavy atom. The SMILES string of the molecule is CC(=O)N1CCN(c2ccc(NS(=O)(=O)c3ccc(C)s3)nn2)CC1. The van der Waals surface area contributed by atoms with E-state index in [1.807, 2.05) is 11.8 Å². The summed E-state index contributed by atoms with van der Waals surface area (Å²) < 4.78 is 27.3. The molecule has 3 heterocycles. The molecule has 0 atom stereocenters. The summed E-state index contributed by atoms with van der Waals surface area (Å²) in [4.78, 5) is 16.1. The van der Waals surface area contributed by atoms with Crippen molar-refractivity contribution in [1.82, 2.24) is 15.1 Å². The molecule has 2 aromatic heterocycles. The Balaban J connectivity index is 1.66. The maximum atomic E-state index is 12.3. The van der Waals surface area contributed by atoms with Crippen LogP contribution in [-0.2, 0) is 14.8 Å². The molecule has 134 valence electrons. The highest BCUT2D eigenvalue weighted by molar-refractivity contribution is 7.94. The van der Waals surface area contributed by atoms with E-state index >= 15 is 0 Å². The lowest BCUT2D eigenvalue weighted by molar-refractivity contribution is -0.129. The summed E-state index contributed by atoms with van der Waals surface area (Å²) in [5.74, 6) is 0.912. The third-order valence-electron chi connectivity index (χ3n) is 3.92. The normalized spacial score (nSPS) is 15.3. The molecule has 1 saturated heterocycles. The van der Waals surface area contributed by atoms with Crippen molar-refractivity contribution in [3.63, 3.8) is 0 Å². The number of amides is 1. The zero-order chi connectivity index (χ0) is 18.0. The number of nitrogens with one attached hydrogen (secondary N) is 1. The van der Waals surface area contributed by atoms with Crippen molar-refractivity contribution in [1.29, 1.82) is 0 Å². The van der Waals surface area contributed by atoms with Crippen LogP contribution < -0.4 is 9.62 Å². The van der Waals surface area contributed by atoms with E-state index in [-0.39, 0.29) is 15.9 Å². The molecular weight excluding hydrogens is 362 g/mol. The number of aryl methyl sites for hydroxylation is 1. The molecule has 0 unspecified atom stereocenters. The molecule has 0 aromatic carbocycles. The number of carbonyl (C=O) groups excluding carboxylic acids is 1. The van der Waals surface area contributed by atoms with Crippen LogP contribution in [0.25, 0.3) is 0 Å². The van der Waals surface area contributed by atoms with Crippen LogP contribution in [0, 0.1) is 6.92 Å². The van der Waals surface area contributed by atoms with E-state index in [9.17, 15) is 13.2 Å². The van der Waals surface area contributed by atoms with E-state index in [0.29, 0.717) is 32.0 Å². The van der Waals surface area contributed by atoms with E-state index in [1.165, 1.54) is 11.3 Å². The number of hydrogen-bond acceptors (Lipinski definition) is 7. The van der Waals surface area contributed by atoms with Crippen LogP contribution in [-0.4, -0.2) is 55.6 Å². The second-order valence-corrected chi connectivity index (χ2v) is 8.94. The van der Waals surface area contributed by atoms with Gasteiger partial charge in [0.1, 0.15) is 4.21 Å². The predicted octanol–water partition coefficient (Wildman–Crippen LogP) is 1.32. The van der Waals surface area contributed by atoms with Crippen molar-refractivity contribution in [3.05, 3.63) is 29.1 Å². The van der Waals surface area contributed by atoms with E-state index in [2.05, 4.69) is 14.9 Å². The number of nitrogens with zero attached hydrogens (tertiary/aromatic N) is 4. The Hall–Kier alpha value is -2.20. The number of piperazine rings is 1. The molecule has 0 radical (unpaired) electrons. The standard InChI is InChI=1S/C15H19N5O3S2/c1-11-3-6-15(24-11)25(22,23)18-13-4-5-14(17-16-13)20-9-7-19(8-10-20)12(2)21/h3-6H,7-10H2,1-2H3,(H,16,18). The molecule has 1 fully saturated rings. The Labute approximate surface area is 150 Å². The van der Waals surface area contributed by atoms with Gasteiger partial charge in [0.25, 0.3) is 10.0 Å². The second-order valence-electron chi connectivity index (χ2n) is 5.74. The van der Waals surface area contributed by atoms with Gasteiger partial charge in [0.2, 0.25) is 5.91 Å². The molecule has 0 spiro atoms. The number of carbonyl (C=O) groups is 1. The van der Waals surface area contributed by atoms with E-state index < -0.39 is 10.0 Å². The first-order chi connectivity index (χ1) is 11.8. The van der Waals surface area contributed by atoms with E-state index in [1.54, 1.807) is 36.1 Å². The van der Waals surface area contributed by atoms with E-state index in [0.717, 1.165) is 4.88 Å². The van der Waals surface area contributed by atoms with Gasteiger partial charge < -0.3 is 9.80 Å². The van der Waals surface area contributed by atoms with Crippen molar-refractivity contribution >= 4 is 38.9 Å². The van der Waals surface area contributed by atoms with Gasteiger partial charge in [-0.3, -0.25) is 9.52 Å². The number of aromatic nitrogens is 2. The van der Waals surface area contributed by atoms with Crippen molar-refractivity contribution in [3.8, 4) is 0 Å². The van der Waals surface area contributed by atoms with Crippen LogP contribution in [0.5, 0.6) is 0 Å². The molecule has 8 nitrogen and oxygen atoms in total. The summed E-state index contributed by atoms with van der Waals surface area (Å²) in [6.07, 6.45) is 0. The third-order valence-corrected chi connectivity index (χ3v) is 6.77. The smallest absolute Gasteiger partial charge is 0.272 e. The summed E-state index contributed by atoms with van der Waals surface area (Å²) >= 11 is 1.20. The van der Waals surface area contributed by atoms with Crippen molar-refractivity contribution in [2.45, 2.75) is 18.1 Å². The fourth-order valence-electron chi connectivity index (χ4n) is 2.54. The van der Waals surface area contributed by atoms with Crippen LogP contribution in [0.1, 0.15) is 11.8 Å². The number of anilines is 2. The van der Waals surface area contributed by atoms with Crippen LogP contribution in [0.4, 0.5) is 11.6 Å². The monoisotopic (exact) mass is 381 g/mol. The largest absolute Gasteiger partial charge is 0.352 e. The van der Waals surface area contributed by atoms with Crippen LogP contribution in [0.15, 0.2) is 28.5 Å². The minimum Gasteiger partial charge on any atom is -0.352 e.